The van der Waals surface area contributed by atoms with Crippen molar-refractivity contribution in [1.29, 1.82) is 0 Å². The molecule has 1 nitrogen and oxygen atoms in total. The van der Waals surface area contributed by atoms with Crippen LogP contribution < -0.4 is 0 Å². The predicted octanol–water partition coefficient (Wildman–Crippen LogP) is 10.2. The second-order valence-corrected chi connectivity index (χ2v) is 9.49. The van der Waals surface area contributed by atoms with Crippen LogP contribution in [0.4, 0.5) is 43.9 Å². The van der Waals surface area contributed by atoms with Crippen molar-refractivity contribution in [2.24, 2.45) is 0 Å². The van der Waals surface area contributed by atoms with Crippen LogP contribution >= 0.6 is 0 Å². The number of ether oxygens (including phenoxy) is 1. The first-order valence-electron chi connectivity index (χ1n) is 12.9. The zero-order valence-electron chi connectivity index (χ0n) is 22.4. The molecule has 4 rings (SSSR count). The standard InChI is InChI=1S/C32H22F10O/c1-2-43-16-28(38)31(39)21-10-7-19(23(33)13-21)4-3-17-11-24(34)29(25(35)12-17)20-8-5-18(6-9-20)22-14-26(36)30(27(37)15-22)32(40,41)42/h5-15H,2-4,16H2,1H3. The van der Waals surface area contributed by atoms with Gasteiger partial charge in [-0.1, -0.05) is 36.4 Å². The van der Waals surface area contributed by atoms with Gasteiger partial charge in [0.25, 0.3) is 0 Å². The summed E-state index contributed by atoms with van der Waals surface area (Å²) in [5, 5.41) is 0. The zero-order valence-corrected chi connectivity index (χ0v) is 22.4. The van der Waals surface area contributed by atoms with Gasteiger partial charge in [0.1, 0.15) is 41.3 Å². The van der Waals surface area contributed by atoms with Crippen LogP contribution in [-0.2, 0) is 23.8 Å². The highest BCUT2D eigenvalue weighted by Crippen LogP contribution is 2.37. The molecule has 0 bridgehead atoms. The summed E-state index contributed by atoms with van der Waals surface area (Å²) in [6.45, 7) is 1.17. The molecule has 11 heteroatoms. The third-order valence-electron chi connectivity index (χ3n) is 6.59. The summed E-state index contributed by atoms with van der Waals surface area (Å²) < 4.78 is 144. The van der Waals surface area contributed by atoms with Crippen molar-refractivity contribution in [2.45, 2.75) is 25.9 Å². The van der Waals surface area contributed by atoms with Crippen LogP contribution in [0.1, 0.15) is 29.2 Å². The third-order valence-corrected chi connectivity index (χ3v) is 6.59. The number of halogens is 10. The maximum atomic E-state index is 15.0. The van der Waals surface area contributed by atoms with Crippen LogP contribution in [-0.4, -0.2) is 13.2 Å². The molecule has 43 heavy (non-hydrogen) atoms. The first kappa shape index (κ1) is 31.8. The van der Waals surface area contributed by atoms with Gasteiger partial charge in [-0.15, -0.1) is 0 Å². The predicted molar refractivity (Wildman–Crippen MR) is 142 cm³/mol. The molecular formula is C32H22F10O. The van der Waals surface area contributed by atoms with E-state index >= 15 is 0 Å². The van der Waals surface area contributed by atoms with E-state index in [1.165, 1.54) is 36.4 Å². The normalized spacial score (nSPS) is 12.4. The number of aryl methyl sites for hydroxylation is 2. The number of benzene rings is 4. The lowest BCUT2D eigenvalue weighted by Gasteiger charge is -2.12. The van der Waals surface area contributed by atoms with Crippen LogP contribution in [0.3, 0.4) is 0 Å². The SMILES string of the molecule is CCOCC(F)=C(F)c1ccc(CCc2cc(F)c(-c3ccc(-c4cc(F)c(C(F)(F)F)c(F)c4)cc3)c(F)c2)c(F)c1. The van der Waals surface area contributed by atoms with Gasteiger partial charge < -0.3 is 4.74 Å². The molecule has 0 saturated carbocycles. The molecule has 0 aliphatic rings. The van der Waals surface area contributed by atoms with Gasteiger partial charge >= 0.3 is 6.18 Å². The first-order valence-corrected chi connectivity index (χ1v) is 12.9. The molecule has 0 N–H and O–H groups in total. The Kier molecular flexibility index (Phi) is 9.64. The number of hydrogen-bond acceptors (Lipinski definition) is 1. The van der Waals surface area contributed by atoms with E-state index in [0.29, 0.717) is 12.1 Å². The van der Waals surface area contributed by atoms with Gasteiger partial charge in [-0.05, 0) is 77.9 Å². The molecule has 0 spiro atoms. The van der Waals surface area contributed by atoms with Gasteiger partial charge in [0.2, 0.25) is 0 Å². The highest BCUT2D eigenvalue weighted by molar-refractivity contribution is 5.71. The average molecular weight is 613 g/mol. The summed E-state index contributed by atoms with van der Waals surface area (Å²) in [4.78, 5) is 0. The van der Waals surface area contributed by atoms with Crippen LogP contribution in [0.5, 0.6) is 0 Å². The second-order valence-electron chi connectivity index (χ2n) is 9.49. The fourth-order valence-corrected chi connectivity index (χ4v) is 4.46. The molecule has 0 fully saturated rings. The minimum Gasteiger partial charge on any atom is -0.375 e. The van der Waals surface area contributed by atoms with E-state index in [0.717, 1.165) is 18.2 Å². The topological polar surface area (TPSA) is 9.23 Å². The Hall–Kier alpha value is -4.12. The van der Waals surface area contributed by atoms with Crippen molar-refractivity contribution < 1.29 is 48.6 Å². The fourth-order valence-electron chi connectivity index (χ4n) is 4.46. The van der Waals surface area contributed by atoms with Gasteiger partial charge in [0.05, 0.1) is 5.56 Å². The minimum atomic E-state index is -5.22. The maximum Gasteiger partial charge on any atom is 0.422 e. The second kappa shape index (κ2) is 13.0. The lowest BCUT2D eigenvalue weighted by Crippen LogP contribution is -2.11. The molecule has 0 aromatic heterocycles. The van der Waals surface area contributed by atoms with E-state index in [2.05, 4.69) is 0 Å². The highest BCUT2D eigenvalue weighted by atomic mass is 19.4. The summed E-state index contributed by atoms with van der Waals surface area (Å²) in [5.41, 5.74) is -2.53. The largest absolute Gasteiger partial charge is 0.422 e. The van der Waals surface area contributed by atoms with Gasteiger partial charge in [-0.2, -0.15) is 13.2 Å². The van der Waals surface area contributed by atoms with E-state index in [4.69, 9.17) is 4.74 Å². The van der Waals surface area contributed by atoms with Crippen molar-refractivity contribution in [2.75, 3.05) is 13.2 Å². The molecule has 0 unspecified atom stereocenters. The zero-order chi connectivity index (χ0) is 31.5. The summed E-state index contributed by atoms with van der Waals surface area (Å²) in [7, 11) is 0. The van der Waals surface area contributed by atoms with Gasteiger partial charge in [-0.3, -0.25) is 0 Å². The van der Waals surface area contributed by atoms with Crippen LogP contribution in [0.15, 0.2) is 72.6 Å². The maximum absolute atomic E-state index is 15.0. The molecule has 0 aliphatic heterocycles. The Balaban J connectivity index is 1.50. The van der Waals surface area contributed by atoms with Crippen molar-refractivity contribution in [3.05, 3.63) is 124 Å². The van der Waals surface area contributed by atoms with Gasteiger partial charge in [-0.25, -0.2) is 30.7 Å². The summed E-state index contributed by atoms with van der Waals surface area (Å²) in [6, 6.07) is 11.3. The van der Waals surface area contributed by atoms with E-state index < -0.39 is 64.6 Å². The summed E-state index contributed by atoms with van der Waals surface area (Å²) in [6.07, 6.45) is -5.23. The fraction of sp³-hybridized carbons (Fsp3) is 0.188. The molecule has 0 amide bonds. The molecule has 0 radical (unpaired) electrons. The Bertz CT molecular complexity index is 1610. The van der Waals surface area contributed by atoms with Crippen molar-refractivity contribution in [3.63, 3.8) is 0 Å². The average Bonchev–Trinajstić information content (AvgIpc) is 2.93. The lowest BCUT2D eigenvalue weighted by molar-refractivity contribution is -0.142. The smallest absolute Gasteiger partial charge is 0.375 e. The van der Waals surface area contributed by atoms with Gasteiger partial charge in [0, 0.05) is 12.2 Å². The van der Waals surface area contributed by atoms with E-state index in [9.17, 15) is 43.9 Å². The molecule has 4 aromatic carbocycles. The summed E-state index contributed by atoms with van der Waals surface area (Å²) in [5.74, 6) is -8.79. The van der Waals surface area contributed by atoms with Gasteiger partial charge in [0.15, 0.2) is 11.7 Å². The lowest BCUT2D eigenvalue weighted by atomic mass is 9.96. The number of alkyl halides is 3. The third kappa shape index (κ3) is 7.27. The van der Waals surface area contributed by atoms with E-state index in [1.807, 2.05) is 0 Å². The minimum absolute atomic E-state index is 0.00535. The van der Waals surface area contributed by atoms with E-state index in [1.54, 1.807) is 6.92 Å². The molecule has 0 saturated heterocycles. The van der Waals surface area contributed by atoms with Crippen LogP contribution in [0.25, 0.3) is 28.1 Å². The Morgan fingerprint density at radius 1 is 0.651 bits per heavy atom. The number of rotatable bonds is 9. The van der Waals surface area contributed by atoms with Crippen molar-refractivity contribution in [3.8, 4) is 22.3 Å². The Labute approximate surface area is 240 Å². The van der Waals surface area contributed by atoms with Crippen LogP contribution in [0.2, 0.25) is 0 Å². The van der Waals surface area contributed by atoms with Crippen molar-refractivity contribution in [1.82, 2.24) is 0 Å². The van der Waals surface area contributed by atoms with Crippen molar-refractivity contribution >= 4 is 5.83 Å². The highest BCUT2D eigenvalue weighted by Gasteiger charge is 2.38. The molecule has 0 aliphatic carbocycles. The Morgan fingerprint density at radius 2 is 1.23 bits per heavy atom. The summed E-state index contributed by atoms with van der Waals surface area (Å²) >= 11 is 0. The molecule has 226 valence electrons. The quantitative estimate of drug-likeness (QED) is 0.171. The Morgan fingerprint density at radius 3 is 1.77 bits per heavy atom. The molecule has 0 atom stereocenters. The molecule has 0 heterocycles. The number of hydrogen-bond donors (Lipinski definition) is 0. The molecule has 4 aromatic rings. The monoisotopic (exact) mass is 612 g/mol. The van der Waals surface area contributed by atoms with E-state index in [-0.39, 0.29) is 52.8 Å². The first-order chi connectivity index (χ1) is 20.3. The van der Waals surface area contributed by atoms with Crippen LogP contribution in [0, 0.1) is 29.1 Å². The molecular weight excluding hydrogens is 590 g/mol.